The SMILES string of the molecule is CN(C(=O)C1=CC(=S=NC(=O)Nc2c3c(cc4c2CCC4)CCC3)OC1)C1CC(N)C1. The molecule has 3 amide bonds. The van der Waals surface area contributed by atoms with Crippen molar-refractivity contribution in [2.24, 2.45) is 10.1 Å². The van der Waals surface area contributed by atoms with E-state index in [0.29, 0.717) is 10.6 Å². The van der Waals surface area contributed by atoms with Gasteiger partial charge in [-0.15, -0.1) is 4.36 Å². The van der Waals surface area contributed by atoms with E-state index < -0.39 is 0 Å². The molecule has 0 unspecified atom stereocenters. The molecule has 3 N–H and O–H groups in total. The molecule has 0 atom stereocenters. The zero-order chi connectivity index (χ0) is 21.5. The fourth-order valence-electron chi connectivity index (χ4n) is 5.07. The number of nitrogens with zero attached hydrogens (tertiary/aromatic N) is 2. The number of rotatable bonds is 3. The molecule has 1 heterocycles. The van der Waals surface area contributed by atoms with E-state index in [9.17, 15) is 9.59 Å². The van der Waals surface area contributed by atoms with Crippen LogP contribution in [0.3, 0.4) is 0 Å². The number of ether oxygens (including phenoxy) is 1. The lowest BCUT2D eigenvalue weighted by Crippen LogP contribution is -2.51. The number of anilines is 1. The van der Waals surface area contributed by atoms with Gasteiger partial charge in [-0.2, -0.15) is 0 Å². The number of nitrogens with two attached hydrogens (primary N) is 1. The van der Waals surface area contributed by atoms with Gasteiger partial charge >= 0.3 is 6.03 Å². The highest BCUT2D eigenvalue weighted by Crippen LogP contribution is 2.38. The number of nitrogens with one attached hydrogen (secondary N) is 1. The lowest BCUT2D eigenvalue weighted by molar-refractivity contribution is -0.129. The van der Waals surface area contributed by atoms with Gasteiger partial charge in [-0.1, -0.05) is 6.07 Å². The summed E-state index contributed by atoms with van der Waals surface area (Å²) < 4.78 is 9.66. The number of amides is 3. The van der Waals surface area contributed by atoms with Gasteiger partial charge in [0, 0.05) is 30.4 Å². The second kappa shape index (κ2) is 8.33. The van der Waals surface area contributed by atoms with Crippen LogP contribution in [0.25, 0.3) is 0 Å². The Bertz CT molecular complexity index is 1020. The number of likely N-dealkylation sites (N-methyl/N-ethyl adjacent to an activating group) is 1. The Balaban J connectivity index is 1.29. The Kier molecular flexibility index (Phi) is 5.54. The molecule has 0 saturated heterocycles. The molecule has 8 heteroatoms. The standard InChI is InChI=1S/C23H28N4O3S/c1-27(17-10-16(24)11-17)22(28)15-9-20(30-12-15)31-26-23(29)25-21-18-6-2-4-13(18)8-14-5-3-7-19(14)21/h8-9,16-17H,2-7,10-12,24H2,1H3,(H,25,29). The molecule has 1 aromatic carbocycles. The highest BCUT2D eigenvalue weighted by molar-refractivity contribution is 7.69. The number of carbonyl (C=O) groups excluding carboxylic acids is 2. The number of carbonyl (C=O) groups is 2. The second-order valence-electron chi connectivity index (χ2n) is 8.93. The molecule has 1 fully saturated rings. The fourth-order valence-corrected chi connectivity index (χ4v) is 5.60. The normalized spacial score (nSPS) is 23.5. The molecule has 5 rings (SSSR count). The summed E-state index contributed by atoms with van der Waals surface area (Å²) >= 11 is 0.980. The Labute approximate surface area is 185 Å². The second-order valence-corrected chi connectivity index (χ2v) is 9.69. The quantitative estimate of drug-likeness (QED) is 0.706. The van der Waals surface area contributed by atoms with Crippen LogP contribution in [0, 0.1) is 0 Å². The average molecular weight is 441 g/mol. The molecule has 1 saturated carbocycles. The van der Waals surface area contributed by atoms with Crippen molar-refractivity contribution < 1.29 is 14.3 Å². The molecular weight excluding hydrogens is 412 g/mol. The summed E-state index contributed by atoms with van der Waals surface area (Å²) in [4.78, 5) is 27.0. The maximum atomic E-state index is 12.6. The average Bonchev–Trinajstić information content (AvgIpc) is 3.48. The zero-order valence-corrected chi connectivity index (χ0v) is 18.6. The van der Waals surface area contributed by atoms with Crippen LogP contribution in [0.4, 0.5) is 10.5 Å². The zero-order valence-electron chi connectivity index (χ0n) is 17.8. The Hall–Kier alpha value is -2.29. The molecule has 0 spiro atoms. The van der Waals surface area contributed by atoms with Crippen molar-refractivity contribution in [1.82, 2.24) is 4.90 Å². The van der Waals surface area contributed by atoms with E-state index in [4.69, 9.17) is 10.5 Å². The minimum atomic E-state index is -0.385. The molecule has 4 aliphatic rings. The van der Waals surface area contributed by atoms with Crippen molar-refractivity contribution in [2.45, 2.75) is 63.5 Å². The van der Waals surface area contributed by atoms with Crippen molar-refractivity contribution in [3.8, 4) is 0 Å². The van der Waals surface area contributed by atoms with Crippen molar-refractivity contribution in [1.29, 1.82) is 0 Å². The molecule has 31 heavy (non-hydrogen) atoms. The summed E-state index contributed by atoms with van der Waals surface area (Å²) in [6, 6.07) is 2.34. The van der Waals surface area contributed by atoms with Gasteiger partial charge < -0.3 is 20.7 Å². The number of hydrogen-bond acceptors (Lipinski definition) is 4. The van der Waals surface area contributed by atoms with Crippen LogP contribution in [-0.2, 0) is 46.4 Å². The van der Waals surface area contributed by atoms with Gasteiger partial charge in [-0.3, -0.25) is 4.79 Å². The smallest absolute Gasteiger partial charge is 0.339 e. The van der Waals surface area contributed by atoms with E-state index in [1.807, 2.05) is 0 Å². The maximum Gasteiger partial charge on any atom is 0.356 e. The van der Waals surface area contributed by atoms with Gasteiger partial charge in [0.2, 0.25) is 0 Å². The first kappa shape index (κ1) is 20.6. The monoisotopic (exact) mass is 440 g/mol. The Morgan fingerprint density at radius 3 is 2.48 bits per heavy atom. The first-order valence-corrected chi connectivity index (χ1v) is 11.9. The summed E-state index contributed by atoms with van der Waals surface area (Å²) in [5.74, 6) is -0.0487. The highest BCUT2D eigenvalue weighted by atomic mass is 32.1. The Morgan fingerprint density at radius 2 is 1.84 bits per heavy atom. The fraction of sp³-hybridized carbons (Fsp3) is 0.522. The molecule has 7 nitrogen and oxygen atoms in total. The molecule has 3 aliphatic carbocycles. The van der Waals surface area contributed by atoms with E-state index in [1.165, 1.54) is 22.3 Å². The van der Waals surface area contributed by atoms with Crippen LogP contribution >= 0.6 is 0 Å². The van der Waals surface area contributed by atoms with Gasteiger partial charge in [-0.05, 0) is 90.8 Å². The van der Waals surface area contributed by atoms with Gasteiger partial charge in [0.15, 0.2) is 0 Å². The molecule has 1 aromatic rings. The molecule has 1 aliphatic heterocycles. The lowest BCUT2D eigenvalue weighted by atomic mass is 9.86. The van der Waals surface area contributed by atoms with Crippen LogP contribution < -0.4 is 11.1 Å². The number of fused-ring (bicyclic) bond motifs is 2. The first-order chi connectivity index (χ1) is 15.0. The van der Waals surface area contributed by atoms with Crippen LogP contribution in [0.1, 0.15) is 47.9 Å². The third-order valence-corrected chi connectivity index (χ3v) is 7.55. The largest absolute Gasteiger partial charge is 0.356 e. The predicted molar refractivity (Wildman–Crippen MR) is 122 cm³/mol. The van der Waals surface area contributed by atoms with Crippen LogP contribution in [0.5, 0.6) is 0 Å². The van der Waals surface area contributed by atoms with E-state index in [0.717, 1.165) is 68.2 Å². The van der Waals surface area contributed by atoms with E-state index >= 15 is 0 Å². The predicted octanol–water partition coefficient (Wildman–Crippen LogP) is 2.50. The van der Waals surface area contributed by atoms with Crippen LogP contribution in [0.2, 0.25) is 0 Å². The summed E-state index contributed by atoms with van der Waals surface area (Å²) in [6.45, 7) is 0.209. The molecular formula is C23H28N4O3S. The summed E-state index contributed by atoms with van der Waals surface area (Å²) in [5.41, 5.74) is 12.7. The minimum absolute atomic E-state index is 0.0487. The summed E-state index contributed by atoms with van der Waals surface area (Å²) in [6.07, 6.45) is 9.85. The summed E-state index contributed by atoms with van der Waals surface area (Å²) in [5, 5.41) is 3.52. The van der Waals surface area contributed by atoms with E-state index in [2.05, 4.69) is 15.7 Å². The molecule has 164 valence electrons. The molecule has 0 bridgehead atoms. The summed E-state index contributed by atoms with van der Waals surface area (Å²) in [7, 11) is 1.80. The van der Waals surface area contributed by atoms with Crippen LogP contribution in [-0.4, -0.2) is 47.6 Å². The number of aryl methyl sites for hydroxylation is 2. The van der Waals surface area contributed by atoms with E-state index in [-0.39, 0.29) is 30.6 Å². The maximum absolute atomic E-state index is 12.6. The molecule has 0 aromatic heterocycles. The highest BCUT2D eigenvalue weighted by Gasteiger charge is 2.33. The number of hydrogen-bond donors (Lipinski definition) is 2. The van der Waals surface area contributed by atoms with Gasteiger partial charge in [0.25, 0.3) is 5.91 Å². The van der Waals surface area contributed by atoms with Crippen molar-refractivity contribution in [3.05, 3.63) is 40.0 Å². The van der Waals surface area contributed by atoms with Gasteiger partial charge in [0.1, 0.15) is 5.05 Å². The third-order valence-electron chi connectivity index (χ3n) is 6.88. The van der Waals surface area contributed by atoms with Gasteiger partial charge in [0.05, 0.1) is 6.61 Å². The van der Waals surface area contributed by atoms with Crippen molar-refractivity contribution in [2.75, 3.05) is 19.0 Å². The van der Waals surface area contributed by atoms with Crippen molar-refractivity contribution >= 4 is 33.8 Å². The minimum Gasteiger partial charge on any atom is -0.339 e. The lowest BCUT2D eigenvalue weighted by Gasteiger charge is -2.39. The van der Waals surface area contributed by atoms with Gasteiger partial charge in [-0.25, -0.2) is 4.79 Å². The number of benzene rings is 1. The topological polar surface area (TPSA) is 97.0 Å². The van der Waals surface area contributed by atoms with Crippen molar-refractivity contribution in [3.63, 3.8) is 0 Å². The third kappa shape index (κ3) is 4.00. The van der Waals surface area contributed by atoms with E-state index in [1.54, 1.807) is 18.0 Å². The molecule has 0 radical (unpaired) electrons. The van der Waals surface area contributed by atoms with Crippen LogP contribution in [0.15, 0.2) is 22.1 Å². The Morgan fingerprint density at radius 1 is 1.16 bits per heavy atom. The number of urea groups is 1. The first-order valence-electron chi connectivity index (χ1n) is 11.1.